The van der Waals surface area contributed by atoms with Gasteiger partial charge in [-0.2, -0.15) is 5.10 Å². The monoisotopic (exact) mass is 259 g/mol. The van der Waals surface area contributed by atoms with Gasteiger partial charge in [0.05, 0.1) is 5.39 Å². The smallest absolute Gasteiger partial charge is 0.183 e. The highest BCUT2D eigenvalue weighted by Crippen LogP contribution is 2.27. The standard InChI is InChI=1S/C12H13N5S/c1-3-13-10-8-5-7-18-12(8)15-11(14-10)9-4-6-17(2)16-9/h4-7H,3H2,1-2H3,(H,13,14,15). The molecule has 3 heterocycles. The minimum Gasteiger partial charge on any atom is -0.370 e. The summed E-state index contributed by atoms with van der Waals surface area (Å²) in [6.45, 7) is 2.89. The van der Waals surface area contributed by atoms with Crippen molar-refractivity contribution in [1.82, 2.24) is 19.7 Å². The molecule has 3 rings (SSSR count). The fourth-order valence-corrected chi connectivity index (χ4v) is 2.57. The molecule has 18 heavy (non-hydrogen) atoms. The zero-order chi connectivity index (χ0) is 12.5. The van der Waals surface area contributed by atoms with Crippen LogP contribution in [0.3, 0.4) is 0 Å². The Balaban J connectivity index is 2.18. The summed E-state index contributed by atoms with van der Waals surface area (Å²) in [6.07, 6.45) is 1.89. The summed E-state index contributed by atoms with van der Waals surface area (Å²) in [5.41, 5.74) is 0.798. The number of hydrogen-bond donors (Lipinski definition) is 1. The van der Waals surface area contributed by atoms with Crippen LogP contribution in [0.5, 0.6) is 0 Å². The number of aromatic nitrogens is 4. The number of hydrogen-bond acceptors (Lipinski definition) is 5. The number of nitrogens with one attached hydrogen (secondary N) is 1. The average molecular weight is 259 g/mol. The minimum atomic E-state index is 0.668. The van der Waals surface area contributed by atoms with Gasteiger partial charge >= 0.3 is 0 Å². The van der Waals surface area contributed by atoms with E-state index in [-0.39, 0.29) is 0 Å². The van der Waals surface area contributed by atoms with Gasteiger partial charge in [-0.25, -0.2) is 9.97 Å². The van der Waals surface area contributed by atoms with Crippen LogP contribution in [0.4, 0.5) is 5.82 Å². The number of aryl methyl sites for hydroxylation is 1. The molecule has 92 valence electrons. The first-order valence-corrected chi connectivity index (χ1v) is 6.65. The van der Waals surface area contributed by atoms with E-state index in [4.69, 9.17) is 0 Å². The predicted octanol–water partition coefficient (Wildman–Crippen LogP) is 2.52. The van der Waals surface area contributed by atoms with E-state index in [1.807, 2.05) is 30.8 Å². The quantitative estimate of drug-likeness (QED) is 0.785. The normalized spacial score (nSPS) is 11.0. The summed E-state index contributed by atoms with van der Waals surface area (Å²) in [4.78, 5) is 10.1. The second kappa shape index (κ2) is 4.38. The largest absolute Gasteiger partial charge is 0.370 e. The molecule has 3 aromatic heterocycles. The van der Waals surface area contributed by atoms with Gasteiger partial charge in [-0.05, 0) is 24.4 Å². The topological polar surface area (TPSA) is 55.6 Å². The van der Waals surface area contributed by atoms with E-state index in [9.17, 15) is 0 Å². The summed E-state index contributed by atoms with van der Waals surface area (Å²) < 4.78 is 1.75. The maximum absolute atomic E-state index is 4.56. The SMILES string of the molecule is CCNc1nc(-c2ccn(C)n2)nc2sccc12. The molecule has 0 saturated carbocycles. The summed E-state index contributed by atoms with van der Waals surface area (Å²) in [6, 6.07) is 3.96. The van der Waals surface area contributed by atoms with Crippen molar-refractivity contribution in [3.05, 3.63) is 23.7 Å². The van der Waals surface area contributed by atoms with Gasteiger partial charge in [0.1, 0.15) is 16.3 Å². The van der Waals surface area contributed by atoms with Crippen molar-refractivity contribution < 1.29 is 0 Å². The van der Waals surface area contributed by atoms with Crippen LogP contribution in [0, 0.1) is 0 Å². The minimum absolute atomic E-state index is 0.668. The van der Waals surface area contributed by atoms with Crippen LogP contribution in [0.1, 0.15) is 6.92 Å². The fourth-order valence-electron chi connectivity index (χ4n) is 1.81. The van der Waals surface area contributed by atoms with Gasteiger partial charge in [-0.15, -0.1) is 11.3 Å². The van der Waals surface area contributed by atoms with Gasteiger partial charge in [-0.3, -0.25) is 4.68 Å². The Morgan fingerprint density at radius 1 is 1.33 bits per heavy atom. The lowest BCUT2D eigenvalue weighted by Gasteiger charge is -2.05. The lowest BCUT2D eigenvalue weighted by Crippen LogP contribution is -2.02. The zero-order valence-corrected chi connectivity index (χ0v) is 11.0. The summed E-state index contributed by atoms with van der Waals surface area (Å²) >= 11 is 1.62. The Morgan fingerprint density at radius 2 is 2.22 bits per heavy atom. The second-order valence-corrected chi connectivity index (χ2v) is 4.83. The zero-order valence-electron chi connectivity index (χ0n) is 10.2. The Kier molecular flexibility index (Phi) is 2.71. The molecule has 0 atom stereocenters. The first-order chi connectivity index (χ1) is 8.78. The van der Waals surface area contributed by atoms with Gasteiger partial charge in [0.2, 0.25) is 0 Å². The number of nitrogens with zero attached hydrogens (tertiary/aromatic N) is 4. The van der Waals surface area contributed by atoms with Crippen molar-refractivity contribution in [2.45, 2.75) is 6.92 Å². The Labute approximate surface area is 109 Å². The fraction of sp³-hybridized carbons (Fsp3) is 0.250. The molecule has 1 N–H and O–H groups in total. The first kappa shape index (κ1) is 11.2. The van der Waals surface area contributed by atoms with Gasteiger partial charge in [0.15, 0.2) is 5.82 Å². The van der Waals surface area contributed by atoms with Crippen LogP contribution in [0.15, 0.2) is 23.7 Å². The van der Waals surface area contributed by atoms with Crippen molar-refractivity contribution >= 4 is 27.4 Å². The molecule has 5 nitrogen and oxygen atoms in total. The summed E-state index contributed by atoms with van der Waals surface area (Å²) in [7, 11) is 1.89. The van der Waals surface area contributed by atoms with Gasteiger partial charge in [-0.1, -0.05) is 0 Å². The number of rotatable bonds is 3. The highest BCUT2D eigenvalue weighted by molar-refractivity contribution is 7.16. The molecule has 0 aliphatic carbocycles. The third-order valence-electron chi connectivity index (χ3n) is 2.61. The highest BCUT2D eigenvalue weighted by atomic mass is 32.1. The van der Waals surface area contributed by atoms with E-state index in [0.29, 0.717) is 5.82 Å². The lowest BCUT2D eigenvalue weighted by atomic mass is 10.3. The summed E-state index contributed by atoms with van der Waals surface area (Å²) in [5, 5.41) is 10.7. The molecular weight excluding hydrogens is 246 g/mol. The van der Waals surface area contributed by atoms with Crippen molar-refractivity contribution in [3.8, 4) is 11.5 Å². The van der Waals surface area contributed by atoms with E-state index in [2.05, 4.69) is 27.3 Å². The van der Waals surface area contributed by atoms with E-state index in [0.717, 1.165) is 28.3 Å². The van der Waals surface area contributed by atoms with Crippen LogP contribution < -0.4 is 5.32 Å². The molecule has 0 aliphatic rings. The third-order valence-corrected chi connectivity index (χ3v) is 3.42. The molecule has 3 aromatic rings. The molecular formula is C12H13N5S. The van der Waals surface area contributed by atoms with Crippen molar-refractivity contribution in [1.29, 1.82) is 0 Å². The van der Waals surface area contributed by atoms with Crippen molar-refractivity contribution in [2.75, 3.05) is 11.9 Å². The maximum atomic E-state index is 4.56. The number of anilines is 1. The molecule has 0 aliphatic heterocycles. The lowest BCUT2D eigenvalue weighted by molar-refractivity contribution is 0.769. The second-order valence-electron chi connectivity index (χ2n) is 3.94. The Hall–Kier alpha value is -1.95. The number of thiophene rings is 1. The first-order valence-electron chi connectivity index (χ1n) is 5.77. The van der Waals surface area contributed by atoms with E-state index >= 15 is 0 Å². The molecule has 0 unspecified atom stereocenters. The van der Waals surface area contributed by atoms with Gasteiger partial charge in [0.25, 0.3) is 0 Å². The van der Waals surface area contributed by atoms with E-state index < -0.39 is 0 Å². The molecule has 0 fully saturated rings. The van der Waals surface area contributed by atoms with E-state index in [1.54, 1.807) is 16.0 Å². The third kappa shape index (κ3) is 1.84. The van der Waals surface area contributed by atoms with Crippen LogP contribution >= 0.6 is 11.3 Å². The van der Waals surface area contributed by atoms with Crippen molar-refractivity contribution in [2.24, 2.45) is 7.05 Å². The molecule has 0 bridgehead atoms. The van der Waals surface area contributed by atoms with Crippen molar-refractivity contribution in [3.63, 3.8) is 0 Å². The number of fused-ring (bicyclic) bond motifs is 1. The van der Waals surface area contributed by atoms with Gasteiger partial charge in [0, 0.05) is 19.8 Å². The molecule has 0 spiro atoms. The van der Waals surface area contributed by atoms with Crippen LogP contribution in [-0.2, 0) is 7.05 Å². The predicted molar refractivity (Wildman–Crippen MR) is 73.8 cm³/mol. The molecule has 0 aromatic carbocycles. The van der Waals surface area contributed by atoms with Gasteiger partial charge < -0.3 is 5.32 Å². The average Bonchev–Trinajstić information content (AvgIpc) is 2.97. The molecule has 0 amide bonds. The van der Waals surface area contributed by atoms with Crippen LogP contribution in [-0.4, -0.2) is 26.3 Å². The Morgan fingerprint density at radius 3 is 2.94 bits per heavy atom. The molecule has 0 saturated heterocycles. The molecule has 6 heteroatoms. The van der Waals surface area contributed by atoms with Crippen LogP contribution in [0.25, 0.3) is 21.7 Å². The van der Waals surface area contributed by atoms with Crippen LogP contribution in [0.2, 0.25) is 0 Å². The summed E-state index contributed by atoms with van der Waals surface area (Å²) in [5.74, 6) is 1.55. The van der Waals surface area contributed by atoms with E-state index in [1.165, 1.54) is 0 Å². The Bertz CT molecular complexity index is 685. The molecule has 0 radical (unpaired) electrons. The maximum Gasteiger partial charge on any atom is 0.183 e. The highest BCUT2D eigenvalue weighted by Gasteiger charge is 2.11.